The third-order valence-electron chi connectivity index (χ3n) is 3.53. The summed E-state index contributed by atoms with van der Waals surface area (Å²) < 4.78 is 0. The number of benzene rings is 1. The summed E-state index contributed by atoms with van der Waals surface area (Å²) >= 11 is 0. The van der Waals surface area contributed by atoms with Crippen molar-refractivity contribution in [3.05, 3.63) is 59.3 Å². The first-order chi connectivity index (χ1) is 11.1. The number of nitrogens with zero attached hydrogens (tertiary/aromatic N) is 3. The van der Waals surface area contributed by atoms with Gasteiger partial charge >= 0.3 is 0 Å². The molecule has 0 atom stereocenters. The number of aliphatic imine (C=N–C) groups is 1. The van der Waals surface area contributed by atoms with Gasteiger partial charge in [0.15, 0.2) is 5.96 Å². The zero-order valence-corrected chi connectivity index (χ0v) is 14.3. The van der Waals surface area contributed by atoms with Crippen molar-refractivity contribution in [2.45, 2.75) is 20.0 Å². The largest absolute Gasteiger partial charge is 0.363 e. The van der Waals surface area contributed by atoms with E-state index in [2.05, 4.69) is 57.9 Å². The summed E-state index contributed by atoms with van der Waals surface area (Å²) in [5.74, 6) is 1.74. The summed E-state index contributed by atoms with van der Waals surface area (Å²) in [6.45, 7) is 3.55. The van der Waals surface area contributed by atoms with Gasteiger partial charge in [-0.15, -0.1) is 0 Å². The Morgan fingerprint density at radius 1 is 1.04 bits per heavy atom. The van der Waals surface area contributed by atoms with Crippen LogP contribution >= 0.6 is 0 Å². The van der Waals surface area contributed by atoms with Crippen molar-refractivity contribution in [2.75, 3.05) is 26.0 Å². The standard InChI is InChI=1S/C18H25N5/c1-14-5-7-15(8-6-14)12-21-18(19-2)22-13-16-9-10-20-17(11-16)23(3)4/h5-11H,12-13H2,1-4H3,(H2,19,21,22). The van der Waals surface area contributed by atoms with Crippen LogP contribution in [0.4, 0.5) is 5.82 Å². The van der Waals surface area contributed by atoms with Crippen LogP contribution in [-0.4, -0.2) is 32.1 Å². The summed E-state index contributed by atoms with van der Waals surface area (Å²) in [6.07, 6.45) is 1.83. The second-order valence-corrected chi connectivity index (χ2v) is 5.68. The Bertz CT molecular complexity index is 647. The van der Waals surface area contributed by atoms with Gasteiger partial charge in [-0.1, -0.05) is 29.8 Å². The third-order valence-corrected chi connectivity index (χ3v) is 3.53. The summed E-state index contributed by atoms with van der Waals surface area (Å²) in [4.78, 5) is 10.6. The van der Waals surface area contributed by atoms with E-state index >= 15 is 0 Å². The van der Waals surface area contributed by atoms with Crippen LogP contribution < -0.4 is 15.5 Å². The first kappa shape index (κ1) is 16.8. The monoisotopic (exact) mass is 311 g/mol. The van der Waals surface area contributed by atoms with E-state index in [0.29, 0.717) is 6.54 Å². The van der Waals surface area contributed by atoms with E-state index in [0.717, 1.165) is 18.3 Å². The van der Waals surface area contributed by atoms with E-state index in [9.17, 15) is 0 Å². The Morgan fingerprint density at radius 3 is 2.30 bits per heavy atom. The van der Waals surface area contributed by atoms with Gasteiger partial charge < -0.3 is 15.5 Å². The molecule has 2 aromatic rings. The van der Waals surface area contributed by atoms with Crippen molar-refractivity contribution < 1.29 is 0 Å². The number of hydrogen-bond donors (Lipinski definition) is 2. The molecule has 0 saturated heterocycles. The molecule has 0 spiro atoms. The number of rotatable bonds is 5. The van der Waals surface area contributed by atoms with Crippen LogP contribution in [0.5, 0.6) is 0 Å². The SMILES string of the molecule is CN=C(NCc1ccc(C)cc1)NCc1ccnc(N(C)C)c1. The average Bonchev–Trinajstić information content (AvgIpc) is 2.57. The topological polar surface area (TPSA) is 52.6 Å². The maximum Gasteiger partial charge on any atom is 0.191 e. The molecule has 0 amide bonds. The number of guanidine groups is 1. The fraction of sp³-hybridized carbons (Fsp3) is 0.333. The molecular weight excluding hydrogens is 286 g/mol. The van der Waals surface area contributed by atoms with Crippen LogP contribution in [0.3, 0.4) is 0 Å². The summed E-state index contributed by atoms with van der Waals surface area (Å²) in [5, 5.41) is 6.65. The second-order valence-electron chi connectivity index (χ2n) is 5.68. The molecule has 5 nitrogen and oxygen atoms in total. The Balaban J connectivity index is 1.87. The highest BCUT2D eigenvalue weighted by Crippen LogP contribution is 2.09. The summed E-state index contributed by atoms with van der Waals surface area (Å²) in [6, 6.07) is 12.6. The smallest absolute Gasteiger partial charge is 0.191 e. The van der Waals surface area contributed by atoms with Gasteiger partial charge in [-0.2, -0.15) is 0 Å². The minimum atomic E-state index is 0.705. The molecule has 2 N–H and O–H groups in total. The molecule has 1 aromatic carbocycles. The molecule has 122 valence electrons. The van der Waals surface area contributed by atoms with Crippen molar-refractivity contribution >= 4 is 11.8 Å². The van der Waals surface area contributed by atoms with Crippen molar-refractivity contribution in [3.63, 3.8) is 0 Å². The zero-order valence-electron chi connectivity index (χ0n) is 14.3. The Labute approximate surface area is 138 Å². The van der Waals surface area contributed by atoms with Crippen LogP contribution in [0.2, 0.25) is 0 Å². The van der Waals surface area contributed by atoms with Gasteiger partial charge in [-0.25, -0.2) is 4.98 Å². The highest BCUT2D eigenvalue weighted by atomic mass is 15.2. The molecule has 0 radical (unpaired) electrons. The molecule has 0 aliphatic carbocycles. The Hall–Kier alpha value is -2.56. The maximum atomic E-state index is 4.32. The van der Waals surface area contributed by atoms with Crippen molar-refractivity contribution in [1.82, 2.24) is 15.6 Å². The van der Waals surface area contributed by atoms with Gasteiger partial charge in [0.05, 0.1) is 0 Å². The normalized spacial score (nSPS) is 11.2. The lowest BCUT2D eigenvalue weighted by molar-refractivity contribution is 0.807. The van der Waals surface area contributed by atoms with E-state index < -0.39 is 0 Å². The first-order valence-electron chi connectivity index (χ1n) is 7.71. The van der Waals surface area contributed by atoms with E-state index in [4.69, 9.17) is 0 Å². The van der Waals surface area contributed by atoms with Crippen molar-refractivity contribution in [2.24, 2.45) is 4.99 Å². The van der Waals surface area contributed by atoms with Gasteiger partial charge in [0.1, 0.15) is 5.82 Å². The first-order valence-corrected chi connectivity index (χ1v) is 7.71. The fourth-order valence-corrected chi connectivity index (χ4v) is 2.11. The van der Waals surface area contributed by atoms with Crippen molar-refractivity contribution in [1.29, 1.82) is 0 Å². The Kier molecular flexibility index (Phi) is 5.97. The summed E-state index contributed by atoms with van der Waals surface area (Å²) in [7, 11) is 5.76. The molecule has 1 aromatic heterocycles. The van der Waals surface area contributed by atoms with Crippen LogP contribution in [0.1, 0.15) is 16.7 Å². The molecule has 0 aliphatic rings. The number of anilines is 1. The lowest BCUT2D eigenvalue weighted by atomic mass is 10.1. The zero-order chi connectivity index (χ0) is 16.7. The van der Waals surface area contributed by atoms with Gasteiger partial charge in [0, 0.05) is 40.4 Å². The lowest BCUT2D eigenvalue weighted by Gasteiger charge is -2.14. The fourth-order valence-electron chi connectivity index (χ4n) is 2.11. The van der Waals surface area contributed by atoms with Crippen LogP contribution in [0.25, 0.3) is 0 Å². The number of pyridine rings is 1. The Morgan fingerprint density at radius 2 is 1.70 bits per heavy atom. The highest BCUT2D eigenvalue weighted by molar-refractivity contribution is 5.79. The predicted octanol–water partition coefficient (Wildman–Crippen LogP) is 2.32. The number of aromatic nitrogens is 1. The van der Waals surface area contributed by atoms with Gasteiger partial charge in [-0.3, -0.25) is 4.99 Å². The van der Waals surface area contributed by atoms with Gasteiger partial charge in [-0.05, 0) is 30.2 Å². The molecule has 0 fully saturated rings. The minimum absolute atomic E-state index is 0.705. The molecule has 0 aliphatic heterocycles. The molecule has 5 heteroatoms. The molecule has 0 saturated carbocycles. The highest BCUT2D eigenvalue weighted by Gasteiger charge is 2.02. The van der Waals surface area contributed by atoms with E-state index in [1.165, 1.54) is 16.7 Å². The van der Waals surface area contributed by atoms with Gasteiger partial charge in [0.2, 0.25) is 0 Å². The van der Waals surface area contributed by atoms with E-state index in [1.54, 1.807) is 7.05 Å². The molecule has 2 rings (SSSR count). The second kappa shape index (κ2) is 8.17. The number of hydrogen-bond acceptors (Lipinski definition) is 3. The number of aryl methyl sites for hydroxylation is 1. The quantitative estimate of drug-likeness (QED) is 0.657. The van der Waals surface area contributed by atoms with E-state index in [-0.39, 0.29) is 0 Å². The average molecular weight is 311 g/mol. The molecule has 1 heterocycles. The van der Waals surface area contributed by atoms with Crippen LogP contribution in [0.15, 0.2) is 47.6 Å². The van der Waals surface area contributed by atoms with Crippen molar-refractivity contribution in [3.8, 4) is 0 Å². The molecule has 0 unspecified atom stereocenters. The maximum absolute atomic E-state index is 4.32. The third kappa shape index (κ3) is 5.29. The minimum Gasteiger partial charge on any atom is -0.363 e. The van der Waals surface area contributed by atoms with Crippen LogP contribution in [-0.2, 0) is 13.1 Å². The van der Waals surface area contributed by atoms with Crippen LogP contribution in [0, 0.1) is 6.92 Å². The summed E-state index contributed by atoms with van der Waals surface area (Å²) in [5.41, 5.74) is 3.67. The molecule has 0 bridgehead atoms. The molecule has 23 heavy (non-hydrogen) atoms. The lowest BCUT2D eigenvalue weighted by Crippen LogP contribution is -2.36. The molecular formula is C18H25N5. The van der Waals surface area contributed by atoms with Gasteiger partial charge in [0.25, 0.3) is 0 Å². The number of nitrogens with one attached hydrogen (secondary N) is 2. The predicted molar refractivity (Wildman–Crippen MR) is 96.8 cm³/mol. The van der Waals surface area contributed by atoms with E-state index in [1.807, 2.05) is 31.3 Å².